The Balaban J connectivity index is 1.83. The van der Waals surface area contributed by atoms with E-state index in [0.717, 1.165) is 22.4 Å². The normalized spacial score (nSPS) is 11.0. The van der Waals surface area contributed by atoms with Gasteiger partial charge in [-0.1, -0.05) is 18.2 Å². The Labute approximate surface area is 132 Å². The highest BCUT2D eigenvalue weighted by molar-refractivity contribution is 5.82. The zero-order valence-corrected chi connectivity index (χ0v) is 12.8. The Morgan fingerprint density at radius 3 is 2.65 bits per heavy atom. The van der Waals surface area contributed by atoms with E-state index in [1.54, 1.807) is 4.68 Å². The van der Waals surface area contributed by atoms with Crippen LogP contribution < -0.4 is 4.90 Å². The van der Waals surface area contributed by atoms with Gasteiger partial charge in [0.15, 0.2) is 5.82 Å². The Kier molecular flexibility index (Phi) is 3.04. The predicted molar refractivity (Wildman–Crippen MR) is 88.6 cm³/mol. The summed E-state index contributed by atoms with van der Waals surface area (Å²) < 4.78 is 1.67. The zero-order valence-electron chi connectivity index (χ0n) is 12.8. The molecule has 0 bridgehead atoms. The van der Waals surface area contributed by atoms with Crippen LogP contribution in [0.15, 0.2) is 48.5 Å². The molecule has 0 fully saturated rings. The molecule has 0 atom stereocenters. The van der Waals surface area contributed by atoms with Gasteiger partial charge in [0.1, 0.15) is 0 Å². The number of anilines is 1. The summed E-state index contributed by atoms with van der Waals surface area (Å²) >= 11 is 0. The van der Waals surface area contributed by atoms with Crippen LogP contribution in [-0.2, 0) is 0 Å². The number of aromatic nitrogens is 6. The lowest BCUT2D eigenvalue weighted by atomic mass is 10.2. The number of imidazole rings is 1. The molecule has 7 heteroatoms. The molecule has 0 aliphatic carbocycles. The SMILES string of the molecule is CN(C)c1ccc2nc(-c3nnnn3-c3ccccc3)[nH]c2c1. The van der Waals surface area contributed by atoms with Crippen molar-refractivity contribution >= 4 is 16.7 Å². The summed E-state index contributed by atoms with van der Waals surface area (Å²) in [5.41, 5.74) is 3.83. The molecule has 2 heterocycles. The van der Waals surface area contributed by atoms with E-state index in [9.17, 15) is 0 Å². The highest BCUT2D eigenvalue weighted by Gasteiger charge is 2.15. The average molecular weight is 305 g/mol. The fourth-order valence-electron chi connectivity index (χ4n) is 2.46. The van der Waals surface area contributed by atoms with Crippen molar-refractivity contribution in [3.63, 3.8) is 0 Å². The van der Waals surface area contributed by atoms with Crippen LogP contribution in [-0.4, -0.2) is 44.3 Å². The molecule has 0 saturated heterocycles. The molecule has 0 amide bonds. The summed E-state index contributed by atoms with van der Waals surface area (Å²) in [6.45, 7) is 0. The van der Waals surface area contributed by atoms with Gasteiger partial charge in [0.25, 0.3) is 0 Å². The van der Waals surface area contributed by atoms with Crippen LogP contribution in [0, 0.1) is 0 Å². The number of rotatable bonds is 3. The lowest BCUT2D eigenvalue weighted by Crippen LogP contribution is -2.07. The minimum Gasteiger partial charge on any atom is -0.378 e. The first kappa shape index (κ1) is 13.4. The maximum Gasteiger partial charge on any atom is 0.222 e. The van der Waals surface area contributed by atoms with E-state index < -0.39 is 0 Å². The van der Waals surface area contributed by atoms with E-state index in [-0.39, 0.29) is 0 Å². The number of H-pyrrole nitrogens is 1. The van der Waals surface area contributed by atoms with Crippen LogP contribution >= 0.6 is 0 Å². The van der Waals surface area contributed by atoms with E-state index in [4.69, 9.17) is 0 Å². The summed E-state index contributed by atoms with van der Waals surface area (Å²) in [5, 5.41) is 12.0. The van der Waals surface area contributed by atoms with Gasteiger partial charge in [0, 0.05) is 19.8 Å². The molecule has 114 valence electrons. The number of fused-ring (bicyclic) bond motifs is 1. The standard InChI is InChI=1S/C16H15N7/c1-22(2)12-8-9-13-14(10-12)18-15(17-13)16-19-20-21-23(16)11-6-4-3-5-7-11/h3-10H,1-2H3,(H,17,18). The van der Waals surface area contributed by atoms with Gasteiger partial charge in [-0.3, -0.25) is 0 Å². The third-order valence-corrected chi connectivity index (χ3v) is 3.66. The fourth-order valence-corrected chi connectivity index (χ4v) is 2.46. The van der Waals surface area contributed by atoms with Gasteiger partial charge in [0.2, 0.25) is 5.82 Å². The molecule has 0 aliphatic rings. The second-order valence-corrected chi connectivity index (χ2v) is 5.43. The highest BCUT2D eigenvalue weighted by atomic mass is 15.5. The maximum absolute atomic E-state index is 4.60. The third kappa shape index (κ3) is 2.32. The van der Waals surface area contributed by atoms with Crippen molar-refractivity contribution in [2.24, 2.45) is 0 Å². The molecule has 0 saturated carbocycles. The number of tetrazole rings is 1. The smallest absolute Gasteiger partial charge is 0.222 e. The van der Waals surface area contributed by atoms with E-state index in [1.165, 1.54) is 0 Å². The quantitative estimate of drug-likeness (QED) is 0.628. The predicted octanol–water partition coefficient (Wildman–Crippen LogP) is 2.27. The summed E-state index contributed by atoms with van der Waals surface area (Å²) in [4.78, 5) is 9.96. The van der Waals surface area contributed by atoms with Crippen LogP contribution in [0.3, 0.4) is 0 Å². The molecule has 23 heavy (non-hydrogen) atoms. The molecule has 0 spiro atoms. The topological polar surface area (TPSA) is 75.5 Å². The van der Waals surface area contributed by atoms with Crippen LogP contribution in [0.25, 0.3) is 28.4 Å². The summed E-state index contributed by atoms with van der Waals surface area (Å²) in [6, 6.07) is 15.8. The number of nitrogens with zero attached hydrogens (tertiary/aromatic N) is 6. The van der Waals surface area contributed by atoms with Crippen molar-refractivity contribution in [1.29, 1.82) is 0 Å². The highest BCUT2D eigenvalue weighted by Crippen LogP contribution is 2.23. The van der Waals surface area contributed by atoms with Crippen LogP contribution in [0.5, 0.6) is 0 Å². The van der Waals surface area contributed by atoms with Gasteiger partial charge in [-0.2, -0.15) is 4.68 Å². The first-order chi connectivity index (χ1) is 11.2. The number of para-hydroxylation sites is 1. The molecule has 2 aromatic carbocycles. The number of aromatic amines is 1. The molecule has 2 aromatic heterocycles. The molecular weight excluding hydrogens is 290 g/mol. The van der Waals surface area contributed by atoms with Gasteiger partial charge in [-0.25, -0.2) is 4.98 Å². The third-order valence-electron chi connectivity index (χ3n) is 3.66. The zero-order chi connectivity index (χ0) is 15.8. The molecular formula is C16H15N7. The van der Waals surface area contributed by atoms with Crippen LogP contribution in [0.1, 0.15) is 0 Å². The number of hydrogen-bond acceptors (Lipinski definition) is 5. The van der Waals surface area contributed by atoms with Crippen molar-refractivity contribution in [2.45, 2.75) is 0 Å². The van der Waals surface area contributed by atoms with Crippen molar-refractivity contribution < 1.29 is 0 Å². The van der Waals surface area contributed by atoms with E-state index >= 15 is 0 Å². The summed E-state index contributed by atoms with van der Waals surface area (Å²) in [6.07, 6.45) is 0. The lowest BCUT2D eigenvalue weighted by Gasteiger charge is -2.11. The number of nitrogens with one attached hydrogen (secondary N) is 1. The van der Waals surface area contributed by atoms with Gasteiger partial charge < -0.3 is 9.88 Å². The second kappa shape index (κ2) is 5.20. The minimum absolute atomic E-state index is 0.582. The van der Waals surface area contributed by atoms with Gasteiger partial charge in [0.05, 0.1) is 16.7 Å². The molecule has 4 aromatic rings. The first-order valence-corrected chi connectivity index (χ1v) is 7.23. The number of hydrogen-bond donors (Lipinski definition) is 1. The monoisotopic (exact) mass is 305 g/mol. The van der Waals surface area contributed by atoms with Crippen molar-refractivity contribution in [1.82, 2.24) is 30.2 Å². The van der Waals surface area contributed by atoms with Crippen molar-refractivity contribution in [3.8, 4) is 17.3 Å². The summed E-state index contributed by atoms with van der Waals surface area (Å²) in [7, 11) is 4.02. The van der Waals surface area contributed by atoms with Gasteiger partial charge in [-0.05, 0) is 40.8 Å². The van der Waals surface area contributed by atoms with Crippen molar-refractivity contribution in [2.75, 3.05) is 19.0 Å². The minimum atomic E-state index is 0.582. The van der Waals surface area contributed by atoms with Crippen LogP contribution in [0.4, 0.5) is 5.69 Å². The number of benzene rings is 2. The molecule has 4 rings (SSSR count). The second-order valence-electron chi connectivity index (χ2n) is 5.43. The van der Waals surface area contributed by atoms with E-state index in [0.29, 0.717) is 11.6 Å². The Bertz CT molecular complexity index is 953. The fraction of sp³-hybridized carbons (Fsp3) is 0.125. The average Bonchev–Trinajstić information content (AvgIpc) is 3.21. The molecule has 0 aliphatic heterocycles. The summed E-state index contributed by atoms with van der Waals surface area (Å²) in [5.74, 6) is 1.23. The van der Waals surface area contributed by atoms with E-state index in [1.807, 2.05) is 61.5 Å². The van der Waals surface area contributed by atoms with Crippen LogP contribution in [0.2, 0.25) is 0 Å². The van der Waals surface area contributed by atoms with E-state index in [2.05, 4.69) is 31.6 Å². The molecule has 7 nitrogen and oxygen atoms in total. The van der Waals surface area contributed by atoms with Gasteiger partial charge >= 0.3 is 0 Å². The maximum atomic E-state index is 4.60. The Hall–Kier alpha value is -3.22. The Morgan fingerprint density at radius 1 is 1.04 bits per heavy atom. The largest absolute Gasteiger partial charge is 0.378 e. The van der Waals surface area contributed by atoms with Gasteiger partial charge in [-0.15, -0.1) is 5.10 Å². The Morgan fingerprint density at radius 2 is 1.87 bits per heavy atom. The lowest BCUT2D eigenvalue weighted by molar-refractivity contribution is 0.790. The molecule has 0 unspecified atom stereocenters. The first-order valence-electron chi connectivity index (χ1n) is 7.23. The van der Waals surface area contributed by atoms with Crippen molar-refractivity contribution in [3.05, 3.63) is 48.5 Å². The molecule has 1 N–H and O–H groups in total. The molecule has 0 radical (unpaired) electrons.